The van der Waals surface area contributed by atoms with E-state index in [9.17, 15) is 0 Å². The van der Waals surface area contributed by atoms with Gasteiger partial charge in [0.15, 0.2) is 12.6 Å². The fourth-order valence-corrected chi connectivity index (χ4v) is 9.16. The fourth-order valence-electron chi connectivity index (χ4n) is 9.16. The van der Waals surface area contributed by atoms with E-state index in [2.05, 4.69) is 19.1 Å². The van der Waals surface area contributed by atoms with Crippen molar-refractivity contribution in [2.45, 2.75) is 122 Å². The molecule has 0 aromatic carbocycles. The third-order valence-electron chi connectivity index (χ3n) is 11.0. The first kappa shape index (κ1) is 25.4. The van der Waals surface area contributed by atoms with Crippen molar-refractivity contribution in [3.05, 3.63) is 24.0 Å². The van der Waals surface area contributed by atoms with E-state index in [4.69, 9.17) is 23.7 Å². The third kappa shape index (κ3) is 4.61. The van der Waals surface area contributed by atoms with Crippen LogP contribution in [0, 0.1) is 28.6 Å². The second-order valence-electron chi connectivity index (χ2n) is 12.8. The lowest BCUT2D eigenvalue weighted by molar-refractivity contribution is -0.215. The molecule has 0 bridgehead atoms. The predicted molar refractivity (Wildman–Crippen MR) is 139 cm³/mol. The zero-order valence-corrected chi connectivity index (χ0v) is 22.6. The number of methoxy groups -OCH3 is 1. The Morgan fingerprint density at radius 1 is 0.861 bits per heavy atom. The van der Waals surface area contributed by atoms with E-state index in [1.165, 1.54) is 57.8 Å². The molecular weight excluding hydrogens is 452 g/mol. The van der Waals surface area contributed by atoms with Gasteiger partial charge in [-0.15, -0.1) is 0 Å². The minimum atomic E-state index is 0.00154. The van der Waals surface area contributed by atoms with Crippen molar-refractivity contribution < 1.29 is 23.7 Å². The summed E-state index contributed by atoms with van der Waals surface area (Å²) in [5, 5.41) is 0. The van der Waals surface area contributed by atoms with Gasteiger partial charge in [0.25, 0.3) is 0 Å². The van der Waals surface area contributed by atoms with Gasteiger partial charge in [0.2, 0.25) is 0 Å². The molecule has 6 aliphatic rings. The smallest absolute Gasteiger partial charge is 0.157 e. The largest absolute Gasteiger partial charge is 0.505 e. The van der Waals surface area contributed by atoms with Gasteiger partial charge in [-0.05, 0) is 119 Å². The van der Waals surface area contributed by atoms with Gasteiger partial charge in [-0.25, -0.2) is 0 Å². The van der Waals surface area contributed by atoms with E-state index in [0.717, 1.165) is 57.2 Å². The highest BCUT2D eigenvalue weighted by Crippen LogP contribution is 2.66. The van der Waals surface area contributed by atoms with Crippen molar-refractivity contribution in [2.24, 2.45) is 28.6 Å². The van der Waals surface area contributed by atoms with E-state index < -0.39 is 0 Å². The molecule has 0 radical (unpaired) electrons. The highest BCUT2D eigenvalue weighted by Gasteiger charge is 2.60. The third-order valence-corrected chi connectivity index (χ3v) is 11.0. The molecule has 9 atom stereocenters. The standard InChI is InChI=1S/C31H48O5/c1-30-15-14-26-24(25(30)11-12-27(30)36-29-8-4-6-19-34-29)10-9-22-21-23(35-28-7-3-5-18-33-28)13-16-31(22,26)17-20-32-2/h9,17,20,23-29H,3-8,10-16,18-19,21H2,1-2H3/b20-17+/t23-,24?,25?,26?,27-,28?,29?,30-,31+/m0/s1. The number of hydrogen-bond donors (Lipinski definition) is 0. The molecular formula is C31H48O5. The first-order valence-electron chi connectivity index (χ1n) is 15.1. The van der Waals surface area contributed by atoms with Gasteiger partial charge in [-0.3, -0.25) is 0 Å². The summed E-state index contributed by atoms with van der Waals surface area (Å²) < 4.78 is 30.6. The number of ether oxygens (including phenoxy) is 5. The van der Waals surface area contributed by atoms with Crippen LogP contribution >= 0.6 is 0 Å². The van der Waals surface area contributed by atoms with Crippen LogP contribution in [0.5, 0.6) is 0 Å². The van der Waals surface area contributed by atoms with E-state index >= 15 is 0 Å². The van der Waals surface area contributed by atoms with Gasteiger partial charge < -0.3 is 23.7 Å². The second-order valence-corrected chi connectivity index (χ2v) is 12.8. The first-order valence-corrected chi connectivity index (χ1v) is 15.1. The van der Waals surface area contributed by atoms with Crippen LogP contribution in [0.2, 0.25) is 0 Å². The molecule has 36 heavy (non-hydrogen) atoms. The number of allylic oxidation sites excluding steroid dienone is 2. The number of rotatable bonds is 6. The van der Waals surface area contributed by atoms with Crippen molar-refractivity contribution in [3.8, 4) is 0 Å². The lowest BCUT2D eigenvalue weighted by atomic mass is 9.47. The lowest BCUT2D eigenvalue weighted by Gasteiger charge is -2.58. The highest BCUT2D eigenvalue weighted by molar-refractivity contribution is 5.31. The zero-order valence-electron chi connectivity index (χ0n) is 22.6. The molecule has 202 valence electrons. The van der Waals surface area contributed by atoms with Crippen LogP contribution in [0.1, 0.15) is 96.8 Å². The monoisotopic (exact) mass is 500 g/mol. The molecule has 0 aromatic rings. The molecule has 5 heteroatoms. The Morgan fingerprint density at radius 3 is 2.36 bits per heavy atom. The molecule has 4 aliphatic carbocycles. The summed E-state index contributed by atoms with van der Waals surface area (Å²) in [5.74, 6) is 2.16. The van der Waals surface area contributed by atoms with Gasteiger partial charge in [-0.2, -0.15) is 0 Å². The van der Waals surface area contributed by atoms with Crippen LogP contribution in [0.25, 0.3) is 0 Å². The van der Waals surface area contributed by atoms with Crippen LogP contribution in [-0.2, 0) is 23.7 Å². The Hall–Kier alpha value is -0.880. The molecule has 5 nitrogen and oxygen atoms in total. The Labute approximate surface area is 218 Å². The van der Waals surface area contributed by atoms with E-state index in [1.807, 2.05) is 6.26 Å². The maximum atomic E-state index is 6.69. The predicted octanol–water partition coefficient (Wildman–Crippen LogP) is 6.91. The summed E-state index contributed by atoms with van der Waals surface area (Å²) in [7, 11) is 1.79. The van der Waals surface area contributed by atoms with Gasteiger partial charge in [0.1, 0.15) is 0 Å². The zero-order chi connectivity index (χ0) is 24.6. The SMILES string of the molecule is CO/C=C/[C@]12CC[C@H](OC3CCCCO3)CC1=CCC1C2CC[C@@]2(C)C1CC[C@@H]2OC1CCCCO1. The van der Waals surface area contributed by atoms with Gasteiger partial charge in [0.05, 0.1) is 25.6 Å². The first-order chi connectivity index (χ1) is 17.6. The summed E-state index contributed by atoms with van der Waals surface area (Å²) in [4.78, 5) is 0. The molecule has 6 rings (SSSR count). The average molecular weight is 501 g/mol. The van der Waals surface area contributed by atoms with Gasteiger partial charge in [-0.1, -0.05) is 18.6 Å². The summed E-state index contributed by atoms with van der Waals surface area (Å²) in [5.41, 5.74) is 2.01. The molecule has 2 saturated heterocycles. The van der Waals surface area contributed by atoms with Crippen molar-refractivity contribution in [2.75, 3.05) is 20.3 Å². The van der Waals surface area contributed by atoms with Crippen LogP contribution < -0.4 is 0 Å². The van der Waals surface area contributed by atoms with Crippen molar-refractivity contribution >= 4 is 0 Å². The summed E-state index contributed by atoms with van der Waals surface area (Å²) in [6, 6.07) is 0. The van der Waals surface area contributed by atoms with E-state index in [-0.39, 0.29) is 29.5 Å². The van der Waals surface area contributed by atoms with Crippen molar-refractivity contribution in [3.63, 3.8) is 0 Å². The number of hydrogen-bond acceptors (Lipinski definition) is 5. The Balaban J connectivity index is 1.20. The number of fused-ring (bicyclic) bond motifs is 5. The molecule has 5 unspecified atom stereocenters. The summed E-state index contributed by atoms with van der Waals surface area (Å²) in [6.07, 6.45) is 24.2. The van der Waals surface area contributed by atoms with E-state index in [1.54, 1.807) is 12.7 Å². The molecule has 5 fully saturated rings. The van der Waals surface area contributed by atoms with Gasteiger partial charge >= 0.3 is 0 Å². The minimum Gasteiger partial charge on any atom is -0.505 e. The van der Waals surface area contributed by atoms with Crippen LogP contribution in [-0.4, -0.2) is 45.1 Å². The highest BCUT2D eigenvalue weighted by atomic mass is 16.7. The van der Waals surface area contributed by atoms with E-state index in [0.29, 0.717) is 12.0 Å². The Morgan fingerprint density at radius 2 is 1.64 bits per heavy atom. The molecule has 2 heterocycles. The van der Waals surface area contributed by atoms with Crippen molar-refractivity contribution in [1.82, 2.24) is 0 Å². The molecule has 2 aliphatic heterocycles. The van der Waals surface area contributed by atoms with Crippen LogP contribution in [0.3, 0.4) is 0 Å². The normalized spacial score (nSPS) is 47.1. The fraction of sp³-hybridized carbons (Fsp3) is 0.871. The minimum absolute atomic E-state index is 0.00154. The maximum Gasteiger partial charge on any atom is 0.157 e. The molecule has 0 amide bonds. The molecule has 0 aromatic heterocycles. The Kier molecular flexibility index (Phi) is 7.56. The maximum absolute atomic E-state index is 6.69. The second kappa shape index (κ2) is 10.7. The summed E-state index contributed by atoms with van der Waals surface area (Å²) in [6.45, 7) is 4.25. The van der Waals surface area contributed by atoms with Crippen LogP contribution in [0.15, 0.2) is 24.0 Å². The average Bonchev–Trinajstić information content (AvgIpc) is 3.24. The topological polar surface area (TPSA) is 46.2 Å². The summed E-state index contributed by atoms with van der Waals surface area (Å²) >= 11 is 0. The molecule has 0 spiro atoms. The molecule has 0 N–H and O–H groups in total. The Bertz CT molecular complexity index is 812. The quantitative estimate of drug-likeness (QED) is 0.293. The van der Waals surface area contributed by atoms with Crippen LogP contribution in [0.4, 0.5) is 0 Å². The van der Waals surface area contributed by atoms with Crippen molar-refractivity contribution in [1.29, 1.82) is 0 Å². The van der Waals surface area contributed by atoms with Gasteiger partial charge in [0, 0.05) is 18.6 Å². The lowest BCUT2D eigenvalue weighted by Crippen LogP contribution is -2.52. The molecule has 3 saturated carbocycles.